The van der Waals surface area contributed by atoms with Crippen LogP contribution in [0.4, 0.5) is 0 Å². The standard InChI is InChI=1S/C13H23NO2/c1-14-9-13(8-12(15)16)6-10-4-2-3-5-11(10)7-13/h10-11,14H,2-9H2,1H3,(H,15,16)/t10-,11+,13?. The van der Waals surface area contributed by atoms with Gasteiger partial charge >= 0.3 is 5.97 Å². The molecular formula is C13H23NO2. The van der Waals surface area contributed by atoms with E-state index in [0.29, 0.717) is 6.42 Å². The quantitative estimate of drug-likeness (QED) is 0.771. The maximum Gasteiger partial charge on any atom is 0.303 e. The average molecular weight is 225 g/mol. The van der Waals surface area contributed by atoms with Crippen LogP contribution in [0.1, 0.15) is 44.9 Å². The van der Waals surface area contributed by atoms with Gasteiger partial charge < -0.3 is 10.4 Å². The number of aliphatic carboxylic acids is 1. The van der Waals surface area contributed by atoms with Gasteiger partial charge in [-0.15, -0.1) is 0 Å². The van der Waals surface area contributed by atoms with Gasteiger partial charge in [-0.25, -0.2) is 0 Å². The molecule has 2 N–H and O–H groups in total. The molecule has 92 valence electrons. The Kier molecular flexibility index (Phi) is 3.53. The lowest BCUT2D eigenvalue weighted by molar-refractivity contribution is -0.139. The van der Waals surface area contributed by atoms with Crippen LogP contribution in [0.15, 0.2) is 0 Å². The largest absolute Gasteiger partial charge is 0.481 e. The van der Waals surface area contributed by atoms with Crippen LogP contribution in [0.3, 0.4) is 0 Å². The van der Waals surface area contributed by atoms with Crippen LogP contribution in [-0.2, 0) is 4.79 Å². The van der Waals surface area contributed by atoms with Crippen molar-refractivity contribution in [3.8, 4) is 0 Å². The maximum atomic E-state index is 11.0. The summed E-state index contributed by atoms with van der Waals surface area (Å²) >= 11 is 0. The summed E-state index contributed by atoms with van der Waals surface area (Å²) < 4.78 is 0. The Morgan fingerprint density at radius 2 is 1.88 bits per heavy atom. The summed E-state index contributed by atoms with van der Waals surface area (Å²) in [5.74, 6) is 0.983. The van der Waals surface area contributed by atoms with Crippen molar-refractivity contribution in [1.29, 1.82) is 0 Å². The summed E-state index contributed by atoms with van der Waals surface area (Å²) in [6, 6.07) is 0. The highest BCUT2D eigenvalue weighted by Crippen LogP contribution is 2.52. The fourth-order valence-corrected chi connectivity index (χ4v) is 4.06. The van der Waals surface area contributed by atoms with Crippen LogP contribution in [0.5, 0.6) is 0 Å². The first-order valence-electron chi connectivity index (χ1n) is 6.52. The van der Waals surface area contributed by atoms with E-state index in [4.69, 9.17) is 5.11 Å². The molecule has 0 heterocycles. The summed E-state index contributed by atoms with van der Waals surface area (Å²) in [6.07, 6.45) is 7.97. The molecule has 3 nitrogen and oxygen atoms in total. The number of carboxylic acids is 1. The molecule has 3 heteroatoms. The minimum absolute atomic E-state index is 0.0419. The van der Waals surface area contributed by atoms with E-state index in [2.05, 4.69) is 5.32 Å². The number of rotatable bonds is 4. The van der Waals surface area contributed by atoms with E-state index >= 15 is 0 Å². The molecule has 0 aromatic rings. The van der Waals surface area contributed by atoms with E-state index in [0.717, 1.165) is 31.2 Å². The van der Waals surface area contributed by atoms with Gasteiger partial charge in [0.2, 0.25) is 0 Å². The van der Waals surface area contributed by atoms with Gasteiger partial charge in [-0.2, -0.15) is 0 Å². The Labute approximate surface area is 97.6 Å². The SMILES string of the molecule is CNCC1(CC(=O)O)C[C@H]2CCCC[C@H]2C1. The van der Waals surface area contributed by atoms with Crippen LogP contribution in [0.25, 0.3) is 0 Å². The Hall–Kier alpha value is -0.570. The molecule has 2 rings (SSSR count). The van der Waals surface area contributed by atoms with E-state index in [9.17, 15) is 4.79 Å². The Morgan fingerprint density at radius 1 is 1.31 bits per heavy atom. The molecule has 3 atom stereocenters. The van der Waals surface area contributed by atoms with Crippen molar-refractivity contribution in [3.63, 3.8) is 0 Å². The zero-order chi connectivity index (χ0) is 11.6. The lowest BCUT2D eigenvalue weighted by Gasteiger charge is -2.27. The molecule has 0 radical (unpaired) electrons. The van der Waals surface area contributed by atoms with E-state index in [-0.39, 0.29) is 5.41 Å². The second kappa shape index (κ2) is 4.74. The normalized spacial score (nSPS) is 38.3. The maximum absolute atomic E-state index is 11.0. The molecule has 16 heavy (non-hydrogen) atoms. The molecule has 2 fully saturated rings. The van der Waals surface area contributed by atoms with E-state index in [1.165, 1.54) is 25.7 Å². The molecule has 0 aliphatic heterocycles. The zero-order valence-electron chi connectivity index (χ0n) is 10.2. The first-order valence-corrected chi connectivity index (χ1v) is 6.52. The second-order valence-electron chi connectivity index (χ2n) is 5.81. The summed E-state index contributed by atoms with van der Waals surface area (Å²) in [5, 5.41) is 12.3. The predicted octanol–water partition coefficient (Wildman–Crippen LogP) is 2.27. The number of hydrogen-bond acceptors (Lipinski definition) is 2. The van der Waals surface area contributed by atoms with Crippen molar-refractivity contribution in [2.75, 3.05) is 13.6 Å². The van der Waals surface area contributed by atoms with Crippen LogP contribution in [0.2, 0.25) is 0 Å². The van der Waals surface area contributed by atoms with E-state index < -0.39 is 5.97 Å². The minimum Gasteiger partial charge on any atom is -0.481 e. The van der Waals surface area contributed by atoms with Gasteiger partial charge in [-0.3, -0.25) is 4.79 Å². The van der Waals surface area contributed by atoms with Crippen molar-refractivity contribution >= 4 is 5.97 Å². The number of carboxylic acid groups (broad SMARTS) is 1. The second-order valence-corrected chi connectivity index (χ2v) is 5.81. The Morgan fingerprint density at radius 3 is 2.31 bits per heavy atom. The fourth-order valence-electron chi connectivity index (χ4n) is 4.06. The molecule has 2 saturated carbocycles. The van der Waals surface area contributed by atoms with Crippen LogP contribution < -0.4 is 5.32 Å². The first kappa shape index (κ1) is 11.9. The van der Waals surface area contributed by atoms with Crippen molar-refractivity contribution in [2.24, 2.45) is 17.3 Å². The third kappa shape index (κ3) is 2.40. The predicted molar refractivity (Wildman–Crippen MR) is 63.3 cm³/mol. The van der Waals surface area contributed by atoms with Gasteiger partial charge in [0, 0.05) is 6.54 Å². The van der Waals surface area contributed by atoms with E-state index in [1.54, 1.807) is 0 Å². The molecule has 2 aliphatic rings. The summed E-state index contributed by atoms with van der Waals surface area (Å²) in [7, 11) is 1.94. The molecule has 2 aliphatic carbocycles. The summed E-state index contributed by atoms with van der Waals surface area (Å²) in [6.45, 7) is 0.867. The molecule has 0 amide bonds. The number of nitrogens with one attached hydrogen (secondary N) is 1. The smallest absolute Gasteiger partial charge is 0.303 e. The Balaban J connectivity index is 2.06. The van der Waals surface area contributed by atoms with Crippen molar-refractivity contribution < 1.29 is 9.90 Å². The lowest BCUT2D eigenvalue weighted by atomic mass is 9.81. The molecular weight excluding hydrogens is 202 g/mol. The number of hydrogen-bond donors (Lipinski definition) is 2. The van der Waals surface area contributed by atoms with Gasteiger partial charge in [0.05, 0.1) is 6.42 Å². The van der Waals surface area contributed by atoms with Crippen LogP contribution in [-0.4, -0.2) is 24.7 Å². The monoisotopic (exact) mass is 225 g/mol. The highest BCUT2D eigenvalue weighted by Gasteiger charge is 2.46. The van der Waals surface area contributed by atoms with Gasteiger partial charge in [0.25, 0.3) is 0 Å². The molecule has 1 unspecified atom stereocenters. The molecule has 0 saturated heterocycles. The third-order valence-electron chi connectivity index (χ3n) is 4.53. The number of carbonyl (C=O) groups is 1. The molecule has 0 aromatic carbocycles. The van der Waals surface area contributed by atoms with Gasteiger partial charge in [-0.05, 0) is 37.1 Å². The topological polar surface area (TPSA) is 49.3 Å². The minimum atomic E-state index is -0.631. The molecule has 0 aromatic heterocycles. The van der Waals surface area contributed by atoms with Gasteiger partial charge in [0.15, 0.2) is 0 Å². The van der Waals surface area contributed by atoms with Crippen LogP contribution >= 0.6 is 0 Å². The van der Waals surface area contributed by atoms with E-state index in [1.807, 2.05) is 7.05 Å². The van der Waals surface area contributed by atoms with Crippen molar-refractivity contribution in [2.45, 2.75) is 44.9 Å². The lowest BCUT2D eigenvalue weighted by Crippen LogP contribution is -2.32. The molecule has 0 bridgehead atoms. The Bertz CT molecular complexity index is 251. The average Bonchev–Trinajstić information content (AvgIpc) is 2.54. The number of fused-ring (bicyclic) bond motifs is 1. The summed E-state index contributed by atoms with van der Waals surface area (Å²) in [5.41, 5.74) is 0.0419. The molecule has 0 spiro atoms. The highest BCUT2D eigenvalue weighted by molar-refractivity contribution is 5.67. The summed E-state index contributed by atoms with van der Waals surface area (Å²) in [4.78, 5) is 11.0. The van der Waals surface area contributed by atoms with Crippen molar-refractivity contribution in [1.82, 2.24) is 5.32 Å². The van der Waals surface area contributed by atoms with Crippen molar-refractivity contribution in [3.05, 3.63) is 0 Å². The van der Waals surface area contributed by atoms with Gasteiger partial charge in [0.1, 0.15) is 0 Å². The fraction of sp³-hybridized carbons (Fsp3) is 0.923. The van der Waals surface area contributed by atoms with Gasteiger partial charge in [-0.1, -0.05) is 25.7 Å². The first-order chi connectivity index (χ1) is 7.65. The highest BCUT2D eigenvalue weighted by atomic mass is 16.4. The van der Waals surface area contributed by atoms with Crippen LogP contribution in [0, 0.1) is 17.3 Å². The zero-order valence-corrected chi connectivity index (χ0v) is 10.2. The third-order valence-corrected chi connectivity index (χ3v) is 4.53.